The van der Waals surface area contributed by atoms with Gasteiger partial charge in [-0.25, -0.2) is 13.8 Å². The first-order chi connectivity index (χ1) is 23.8. The van der Waals surface area contributed by atoms with E-state index < -0.39 is 17.3 Å². The number of hydrogen-bond acceptors (Lipinski definition) is 7. The zero-order valence-electron chi connectivity index (χ0n) is 30.5. The molecule has 5 rings (SSSR count). The van der Waals surface area contributed by atoms with Gasteiger partial charge in [-0.2, -0.15) is 4.98 Å². The Labute approximate surface area is 295 Å². The molecule has 0 bridgehead atoms. The fraction of sp³-hybridized carbons (Fsp3) is 0.375. The minimum Gasteiger partial charge on any atom is -0.381 e. The quantitative estimate of drug-likeness (QED) is 0.112. The Hall–Kier alpha value is -4.67. The summed E-state index contributed by atoms with van der Waals surface area (Å²) in [6.45, 7) is 19.7. The van der Waals surface area contributed by atoms with Crippen molar-refractivity contribution in [2.75, 3.05) is 17.3 Å². The fourth-order valence-corrected chi connectivity index (χ4v) is 6.80. The molecule has 0 atom stereocenters. The highest BCUT2D eigenvalue weighted by atomic mass is 19.1. The molecule has 0 radical (unpaired) electrons. The lowest BCUT2D eigenvalue weighted by Crippen LogP contribution is -2.60. The number of benzene rings is 3. The number of carbonyl (C=O) groups excluding carboxylic acids is 1. The summed E-state index contributed by atoms with van der Waals surface area (Å²) < 4.78 is 30.4. The SMILES string of the molecule is C=C(NCc1ccccc1)c1ccc(C)c(-c2nc(NC3CC(C)(C)NC(C)(C)C3)nc(N(C=O)c3c(F)cccc3F)c2CNC)c1.CC. The molecule has 8 nitrogen and oxygen atoms in total. The Bertz CT molecular complexity index is 1760. The molecule has 50 heavy (non-hydrogen) atoms. The Morgan fingerprint density at radius 1 is 0.960 bits per heavy atom. The van der Waals surface area contributed by atoms with E-state index in [1.165, 1.54) is 6.07 Å². The average molecular weight is 684 g/mol. The Balaban J connectivity index is 0.00000276. The van der Waals surface area contributed by atoms with Crippen LogP contribution in [0.4, 0.5) is 26.2 Å². The highest BCUT2D eigenvalue weighted by Crippen LogP contribution is 2.38. The van der Waals surface area contributed by atoms with Crippen LogP contribution in [0.2, 0.25) is 0 Å². The van der Waals surface area contributed by atoms with Gasteiger partial charge in [-0.3, -0.25) is 9.69 Å². The van der Waals surface area contributed by atoms with Crippen LogP contribution >= 0.6 is 0 Å². The van der Waals surface area contributed by atoms with Gasteiger partial charge in [-0.1, -0.05) is 69.0 Å². The number of amides is 1. The topological polar surface area (TPSA) is 94.2 Å². The van der Waals surface area contributed by atoms with E-state index >= 15 is 8.78 Å². The Kier molecular flexibility index (Phi) is 12.5. The number of nitrogens with one attached hydrogen (secondary N) is 4. The van der Waals surface area contributed by atoms with Crippen LogP contribution in [0.25, 0.3) is 17.0 Å². The normalized spacial score (nSPS) is 15.0. The number of aryl methyl sites for hydroxylation is 1. The molecule has 1 fully saturated rings. The molecule has 0 saturated carbocycles. The summed E-state index contributed by atoms with van der Waals surface area (Å²) in [5.74, 6) is -1.43. The van der Waals surface area contributed by atoms with E-state index in [1.54, 1.807) is 7.05 Å². The van der Waals surface area contributed by atoms with Crippen LogP contribution in [0, 0.1) is 18.6 Å². The number of rotatable bonds is 12. The number of anilines is 3. The highest BCUT2D eigenvalue weighted by molar-refractivity contribution is 5.89. The van der Waals surface area contributed by atoms with Gasteiger partial charge in [-0.05, 0) is 89.4 Å². The first-order valence-electron chi connectivity index (χ1n) is 17.2. The van der Waals surface area contributed by atoms with E-state index in [4.69, 9.17) is 9.97 Å². The van der Waals surface area contributed by atoms with Crippen LogP contribution in [-0.2, 0) is 17.9 Å². The van der Waals surface area contributed by atoms with Gasteiger partial charge in [0.1, 0.15) is 17.3 Å². The van der Waals surface area contributed by atoms with Crippen LogP contribution in [-0.4, -0.2) is 40.5 Å². The number of aromatic nitrogens is 2. The van der Waals surface area contributed by atoms with Crippen LogP contribution in [0.15, 0.2) is 73.3 Å². The summed E-state index contributed by atoms with van der Waals surface area (Å²) in [6, 6.07) is 19.5. The van der Waals surface area contributed by atoms with E-state index in [9.17, 15) is 4.79 Å². The highest BCUT2D eigenvalue weighted by Gasteiger charge is 2.38. The zero-order chi connectivity index (χ0) is 36.6. The van der Waals surface area contributed by atoms with Crippen molar-refractivity contribution < 1.29 is 13.6 Å². The maximum absolute atomic E-state index is 15.2. The number of hydrogen-bond donors (Lipinski definition) is 4. The second-order valence-electron chi connectivity index (χ2n) is 13.8. The maximum atomic E-state index is 15.2. The molecule has 266 valence electrons. The molecular weight excluding hydrogens is 632 g/mol. The van der Waals surface area contributed by atoms with Gasteiger partial charge >= 0.3 is 0 Å². The van der Waals surface area contributed by atoms with Crippen molar-refractivity contribution in [3.05, 3.63) is 107 Å². The predicted molar refractivity (Wildman–Crippen MR) is 201 cm³/mol. The molecule has 1 aromatic heterocycles. The summed E-state index contributed by atoms with van der Waals surface area (Å²) in [4.78, 5) is 23.5. The summed E-state index contributed by atoms with van der Waals surface area (Å²) in [6.07, 6.45) is 1.96. The largest absolute Gasteiger partial charge is 0.381 e. The molecule has 0 unspecified atom stereocenters. The lowest BCUT2D eigenvalue weighted by molar-refractivity contribution is -0.106. The molecular formula is C40H51F2N7O. The van der Waals surface area contributed by atoms with Crippen molar-refractivity contribution in [2.24, 2.45) is 0 Å². The monoisotopic (exact) mass is 683 g/mol. The molecule has 4 N–H and O–H groups in total. The minimum absolute atomic E-state index is 0.0172. The predicted octanol–water partition coefficient (Wildman–Crippen LogP) is 8.25. The van der Waals surface area contributed by atoms with Gasteiger partial charge in [0, 0.05) is 47.0 Å². The lowest BCUT2D eigenvalue weighted by Gasteiger charge is -2.46. The third-order valence-corrected chi connectivity index (χ3v) is 8.56. The third-order valence-electron chi connectivity index (χ3n) is 8.56. The van der Waals surface area contributed by atoms with E-state index in [1.807, 2.05) is 69.3 Å². The van der Waals surface area contributed by atoms with Crippen molar-refractivity contribution in [3.63, 3.8) is 0 Å². The summed E-state index contributed by atoms with van der Waals surface area (Å²) in [5, 5.41) is 13.8. The van der Waals surface area contributed by atoms with Gasteiger partial charge in [0.25, 0.3) is 0 Å². The standard InChI is InChI=1S/C38H45F2N7O.C2H6/c1-24-16-17-27(25(2)42-21-26-12-9-8-10-13-26)18-29(24)33-30(22-41-7)35(47(23-48)34-31(39)14-11-15-32(34)40)45-36(44-33)43-28-19-37(3,4)46-38(5,6)20-28;1-2/h8-18,23,28,41-42,46H,2,19-22H2,1,3-7H3,(H,43,44,45);1-2H3. The summed E-state index contributed by atoms with van der Waals surface area (Å²) in [7, 11) is 1.76. The third kappa shape index (κ3) is 9.11. The fourth-order valence-electron chi connectivity index (χ4n) is 6.80. The van der Waals surface area contributed by atoms with Crippen molar-refractivity contribution in [1.82, 2.24) is 25.9 Å². The number of halogens is 2. The molecule has 1 aliphatic rings. The number of carbonyl (C=O) groups is 1. The average Bonchev–Trinajstić information content (AvgIpc) is 3.06. The summed E-state index contributed by atoms with van der Waals surface area (Å²) in [5.41, 5.74) is 4.59. The summed E-state index contributed by atoms with van der Waals surface area (Å²) >= 11 is 0. The van der Waals surface area contributed by atoms with Crippen LogP contribution in [0.1, 0.15) is 76.6 Å². The van der Waals surface area contributed by atoms with Crippen LogP contribution in [0.5, 0.6) is 0 Å². The van der Waals surface area contributed by atoms with E-state index in [2.05, 4.69) is 55.5 Å². The molecule has 3 aromatic carbocycles. The molecule has 1 amide bonds. The van der Waals surface area contributed by atoms with E-state index in [-0.39, 0.29) is 35.4 Å². The van der Waals surface area contributed by atoms with Crippen molar-refractivity contribution in [3.8, 4) is 11.3 Å². The molecule has 2 heterocycles. The van der Waals surface area contributed by atoms with Gasteiger partial charge in [0.2, 0.25) is 12.4 Å². The van der Waals surface area contributed by atoms with Crippen molar-refractivity contribution in [1.29, 1.82) is 0 Å². The molecule has 1 aliphatic heterocycles. The molecule has 10 heteroatoms. The van der Waals surface area contributed by atoms with Crippen LogP contribution in [0.3, 0.4) is 0 Å². The Morgan fingerprint density at radius 3 is 2.20 bits per heavy atom. The first kappa shape index (κ1) is 38.1. The molecule has 0 spiro atoms. The minimum atomic E-state index is -0.881. The maximum Gasteiger partial charge on any atom is 0.225 e. The zero-order valence-corrected chi connectivity index (χ0v) is 30.5. The number of nitrogens with zero attached hydrogens (tertiary/aromatic N) is 3. The van der Waals surface area contributed by atoms with E-state index in [0.29, 0.717) is 24.2 Å². The van der Waals surface area contributed by atoms with Crippen LogP contribution < -0.4 is 26.2 Å². The van der Waals surface area contributed by atoms with Crippen molar-refractivity contribution >= 4 is 29.6 Å². The van der Waals surface area contributed by atoms with Gasteiger partial charge in [0.05, 0.1) is 5.69 Å². The number of para-hydroxylation sites is 1. The second kappa shape index (κ2) is 16.4. The first-order valence-corrected chi connectivity index (χ1v) is 17.2. The number of piperidine rings is 1. The van der Waals surface area contributed by atoms with E-state index in [0.717, 1.165) is 57.8 Å². The molecule has 0 aliphatic carbocycles. The second-order valence-corrected chi connectivity index (χ2v) is 13.8. The van der Waals surface area contributed by atoms with Gasteiger partial charge in [0.15, 0.2) is 5.82 Å². The van der Waals surface area contributed by atoms with Gasteiger partial charge < -0.3 is 21.3 Å². The lowest BCUT2D eigenvalue weighted by atomic mass is 9.80. The van der Waals surface area contributed by atoms with Gasteiger partial charge in [-0.15, -0.1) is 0 Å². The molecule has 4 aromatic rings. The van der Waals surface area contributed by atoms with Crippen molar-refractivity contribution in [2.45, 2.75) is 91.5 Å². The smallest absolute Gasteiger partial charge is 0.225 e. The Morgan fingerprint density at radius 2 is 1.60 bits per heavy atom. The molecule has 1 saturated heterocycles.